The zero-order chi connectivity index (χ0) is 21.1. The number of nitrogens with one attached hydrogen (secondary N) is 1. The molecule has 1 aliphatic heterocycles. The van der Waals surface area contributed by atoms with E-state index in [2.05, 4.69) is 5.32 Å². The fraction of sp³-hybridized carbons (Fsp3) is 0.391. The third-order valence-electron chi connectivity index (χ3n) is 6.99. The van der Waals surface area contributed by atoms with Crippen LogP contribution in [0.5, 0.6) is 5.75 Å². The molecule has 0 radical (unpaired) electrons. The van der Waals surface area contributed by atoms with Crippen LogP contribution in [0, 0.1) is 17.8 Å². The molecule has 2 aliphatic carbocycles. The highest BCUT2D eigenvalue weighted by Crippen LogP contribution is 2.64. The van der Waals surface area contributed by atoms with Crippen molar-refractivity contribution in [1.29, 1.82) is 0 Å². The van der Waals surface area contributed by atoms with Crippen LogP contribution in [0.2, 0.25) is 0 Å². The maximum atomic E-state index is 13.0. The number of furan rings is 1. The third-order valence-corrected chi connectivity index (χ3v) is 9.82. The summed E-state index contributed by atoms with van der Waals surface area (Å²) in [4.78, 5) is 26.6. The molecule has 6 nitrogen and oxygen atoms in total. The summed E-state index contributed by atoms with van der Waals surface area (Å²) in [6.45, 7) is -0.0189. The van der Waals surface area contributed by atoms with Gasteiger partial charge in [0, 0.05) is 10.9 Å². The number of fused-ring (bicyclic) bond motifs is 6. The Labute approximate surface area is 187 Å². The summed E-state index contributed by atoms with van der Waals surface area (Å²) in [7, 11) is 0. The minimum absolute atomic E-state index is 0.0189. The van der Waals surface area contributed by atoms with Gasteiger partial charge in [0.15, 0.2) is 0 Å². The zero-order valence-electron chi connectivity index (χ0n) is 16.7. The number of hydrogen-bond donors (Lipinski definition) is 2. The third kappa shape index (κ3) is 3.15. The maximum absolute atomic E-state index is 13.0. The Morgan fingerprint density at radius 2 is 2.00 bits per heavy atom. The minimum Gasteiger partial charge on any atom is -0.508 e. The van der Waals surface area contributed by atoms with Crippen LogP contribution in [-0.2, 0) is 11.3 Å². The van der Waals surface area contributed by atoms with E-state index in [1.54, 1.807) is 23.0 Å². The highest BCUT2D eigenvalue weighted by atomic mass is 32.2. The number of thiazole rings is 1. The molecule has 3 heterocycles. The van der Waals surface area contributed by atoms with Crippen molar-refractivity contribution in [3.8, 4) is 5.75 Å². The average Bonchev–Trinajstić information content (AvgIpc) is 3.54. The van der Waals surface area contributed by atoms with Gasteiger partial charge in [-0.15, -0.1) is 11.8 Å². The van der Waals surface area contributed by atoms with Crippen LogP contribution in [0.1, 0.15) is 35.8 Å². The number of carbonyl (C=O) groups is 1. The molecule has 4 unspecified atom stereocenters. The van der Waals surface area contributed by atoms with Gasteiger partial charge in [0.1, 0.15) is 18.1 Å². The van der Waals surface area contributed by atoms with Crippen molar-refractivity contribution < 1.29 is 14.3 Å². The van der Waals surface area contributed by atoms with Crippen LogP contribution in [0.4, 0.5) is 5.69 Å². The van der Waals surface area contributed by atoms with Crippen molar-refractivity contribution in [2.24, 2.45) is 17.8 Å². The summed E-state index contributed by atoms with van der Waals surface area (Å²) in [5.74, 6) is 2.80. The minimum atomic E-state index is -0.251. The number of rotatable bonds is 4. The van der Waals surface area contributed by atoms with E-state index in [0.717, 1.165) is 15.7 Å². The Balaban J connectivity index is 1.34. The molecule has 0 spiro atoms. The largest absolute Gasteiger partial charge is 0.508 e. The molecule has 2 bridgehead atoms. The Bertz CT molecular complexity index is 1180. The van der Waals surface area contributed by atoms with E-state index in [1.165, 1.54) is 42.7 Å². The first-order valence-corrected chi connectivity index (χ1v) is 12.3. The van der Waals surface area contributed by atoms with Crippen LogP contribution < -0.4 is 10.2 Å². The summed E-state index contributed by atoms with van der Waals surface area (Å²) in [5.41, 5.74) is 0.592. The molecule has 5 atom stereocenters. The first kappa shape index (κ1) is 19.3. The van der Waals surface area contributed by atoms with Gasteiger partial charge in [0.05, 0.1) is 22.1 Å². The van der Waals surface area contributed by atoms with Crippen molar-refractivity contribution in [2.45, 2.75) is 42.0 Å². The van der Waals surface area contributed by atoms with Gasteiger partial charge in [-0.05, 0) is 73.4 Å². The quantitative estimate of drug-likeness (QED) is 0.567. The number of thioether (sulfide) groups is 1. The topological polar surface area (TPSA) is 84.5 Å². The predicted octanol–water partition coefficient (Wildman–Crippen LogP) is 4.50. The molecule has 1 aromatic carbocycles. The molecule has 3 aliphatic rings. The first-order valence-electron chi connectivity index (χ1n) is 10.6. The van der Waals surface area contributed by atoms with Crippen molar-refractivity contribution in [1.82, 2.24) is 4.57 Å². The molecule has 31 heavy (non-hydrogen) atoms. The van der Waals surface area contributed by atoms with Gasteiger partial charge in [-0.3, -0.25) is 14.2 Å². The SMILES string of the molecule is O=C(Cn1c2c(sc1=O)[C@@H](c1ccco1)C1C3CCC(C3)C1S2)Nc1ccc(O)cc1. The van der Waals surface area contributed by atoms with Crippen LogP contribution in [0.3, 0.4) is 0 Å². The second-order valence-electron chi connectivity index (χ2n) is 8.70. The normalized spacial score (nSPS) is 28.3. The van der Waals surface area contributed by atoms with E-state index in [-0.39, 0.29) is 29.0 Å². The van der Waals surface area contributed by atoms with Gasteiger partial charge in [-0.2, -0.15) is 0 Å². The lowest BCUT2D eigenvalue weighted by atomic mass is 9.77. The van der Waals surface area contributed by atoms with Crippen molar-refractivity contribution >= 4 is 34.7 Å². The molecule has 1 amide bonds. The number of benzene rings is 1. The second kappa shape index (κ2) is 7.31. The molecule has 0 saturated heterocycles. The number of aromatic nitrogens is 1. The zero-order valence-corrected chi connectivity index (χ0v) is 18.3. The first-order chi connectivity index (χ1) is 15.1. The Morgan fingerprint density at radius 1 is 1.19 bits per heavy atom. The van der Waals surface area contributed by atoms with Gasteiger partial charge in [0.2, 0.25) is 5.91 Å². The number of phenolic OH excluding ortho intramolecular Hbond substituents is 1. The standard InChI is InChI=1S/C23H22N2O4S2/c26-15-7-5-14(6-8-15)24-17(27)11-25-22-21(31-23(25)28)19(16-2-1-9-29-16)18-12-3-4-13(10-12)20(18)30-22/h1-2,5-9,12-13,18-20,26H,3-4,10-11H2,(H,24,27)/t12?,13?,18?,19-,20?/m0/s1. The van der Waals surface area contributed by atoms with Crippen molar-refractivity contribution in [2.75, 3.05) is 5.32 Å². The van der Waals surface area contributed by atoms with Crippen LogP contribution in [-0.4, -0.2) is 20.8 Å². The smallest absolute Gasteiger partial charge is 0.308 e. The van der Waals surface area contributed by atoms with E-state index in [9.17, 15) is 14.7 Å². The van der Waals surface area contributed by atoms with E-state index in [0.29, 0.717) is 28.7 Å². The van der Waals surface area contributed by atoms with Gasteiger partial charge in [-0.1, -0.05) is 11.3 Å². The molecular formula is C23H22N2O4S2. The molecule has 2 fully saturated rings. The molecule has 8 heteroatoms. The second-order valence-corrected chi connectivity index (χ2v) is 10.9. The number of anilines is 1. The highest BCUT2D eigenvalue weighted by molar-refractivity contribution is 8.00. The summed E-state index contributed by atoms with van der Waals surface area (Å²) in [6.07, 6.45) is 5.50. The van der Waals surface area contributed by atoms with E-state index in [1.807, 2.05) is 23.9 Å². The number of nitrogens with zero attached hydrogens (tertiary/aromatic N) is 1. The fourth-order valence-corrected chi connectivity index (χ4v) is 8.89. The maximum Gasteiger partial charge on any atom is 0.308 e. The lowest BCUT2D eigenvalue weighted by Crippen LogP contribution is -2.34. The number of phenols is 1. The number of hydrogen-bond acceptors (Lipinski definition) is 6. The van der Waals surface area contributed by atoms with Gasteiger partial charge >= 0.3 is 4.87 Å². The molecule has 2 saturated carbocycles. The van der Waals surface area contributed by atoms with Crippen LogP contribution >= 0.6 is 23.1 Å². The molecule has 6 rings (SSSR count). The molecule has 2 aromatic heterocycles. The monoisotopic (exact) mass is 454 g/mol. The lowest BCUT2D eigenvalue weighted by Gasteiger charge is -2.39. The summed E-state index contributed by atoms with van der Waals surface area (Å²) in [6, 6.07) is 10.3. The summed E-state index contributed by atoms with van der Waals surface area (Å²) in [5, 5.41) is 13.7. The molecule has 2 N–H and O–H groups in total. The average molecular weight is 455 g/mol. The van der Waals surface area contributed by atoms with Crippen LogP contribution in [0.15, 0.2) is 56.9 Å². The molecule has 160 valence electrons. The summed E-state index contributed by atoms with van der Waals surface area (Å²) < 4.78 is 7.49. The predicted molar refractivity (Wildman–Crippen MR) is 120 cm³/mol. The Morgan fingerprint density at radius 3 is 2.77 bits per heavy atom. The molecular weight excluding hydrogens is 432 g/mol. The fourth-order valence-electron chi connectivity index (χ4n) is 5.76. The number of amides is 1. The van der Waals surface area contributed by atoms with E-state index >= 15 is 0 Å². The molecule has 3 aromatic rings. The highest BCUT2D eigenvalue weighted by Gasteiger charge is 2.55. The van der Waals surface area contributed by atoms with Gasteiger partial charge in [0.25, 0.3) is 0 Å². The van der Waals surface area contributed by atoms with E-state index < -0.39 is 0 Å². The Kier molecular flexibility index (Phi) is 4.54. The number of aromatic hydroxyl groups is 1. The van der Waals surface area contributed by atoms with Crippen molar-refractivity contribution in [3.63, 3.8) is 0 Å². The number of carbonyl (C=O) groups excluding carboxylic acids is 1. The summed E-state index contributed by atoms with van der Waals surface area (Å²) >= 11 is 3.07. The Hall–Kier alpha value is -2.45. The van der Waals surface area contributed by atoms with Gasteiger partial charge in [-0.25, -0.2) is 0 Å². The van der Waals surface area contributed by atoms with Crippen molar-refractivity contribution in [3.05, 3.63) is 63.0 Å². The lowest BCUT2D eigenvalue weighted by molar-refractivity contribution is -0.116. The van der Waals surface area contributed by atoms with Gasteiger partial charge < -0.3 is 14.8 Å². The van der Waals surface area contributed by atoms with Crippen LogP contribution in [0.25, 0.3) is 0 Å². The van der Waals surface area contributed by atoms with E-state index in [4.69, 9.17) is 4.42 Å².